The van der Waals surface area contributed by atoms with Gasteiger partial charge in [-0.05, 0) is 32.2 Å². The van der Waals surface area contributed by atoms with E-state index in [1.165, 1.54) is 0 Å². The molecule has 2 N–H and O–H groups in total. The monoisotopic (exact) mass is 256 g/mol. The highest BCUT2D eigenvalue weighted by Gasteiger charge is 2.33. The van der Waals surface area contributed by atoms with E-state index < -0.39 is 5.97 Å². The topological polar surface area (TPSA) is 69.6 Å². The Balaban J connectivity index is 2.50. The van der Waals surface area contributed by atoms with Gasteiger partial charge in [0.2, 0.25) is 5.91 Å². The van der Waals surface area contributed by atoms with Gasteiger partial charge in [0.1, 0.15) is 0 Å². The minimum absolute atomic E-state index is 0.000916. The lowest BCUT2D eigenvalue weighted by molar-refractivity contribution is -0.139. The molecule has 1 heterocycles. The van der Waals surface area contributed by atoms with Crippen molar-refractivity contribution in [3.63, 3.8) is 0 Å². The first kappa shape index (κ1) is 15.0. The van der Waals surface area contributed by atoms with Crippen LogP contribution in [0.1, 0.15) is 40.0 Å². The number of nitrogens with one attached hydrogen (secondary N) is 1. The SMILES string of the molecule is CC(C)CNC(=O)C(C)N1CCCC1CC(=O)O. The van der Waals surface area contributed by atoms with E-state index in [9.17, 15) is 9.59 Å². The van der Waals surface area contributed by atoms with Crippen LogP contribution in [0.25, 0.3) is 0 Å². The van der Waals surface area contributed by atoms with Gasteiger partial charge >= 0.3 is 5.97 Å². The molecule has 0 saturated carbocycles. The van der Waals surface area contributed by atoms with Crippen molar-refractivity contribution in [1.29, 1.82) is 0 Å². The van der Waals surface area contributed by atoms with Gasteiger partial charge in [0.15, 0.2) is 0 Å². The number of carbonyl (C=O) groups is 2. The molecule has 5 heteroatoms. The average molecular weight is 256 g/mol. The fraction of sp³-hybridized carbons (Fsp3) is 0.846. The van der Waals surface area contributed by atoms with Crippen molar-refractivity contribution < 1.29 is 14.7 Å². The van der Waals surface area contributed by atoms with E-state index in [1.54, 1.807) is 0 Å². The Morgan fingerprint density at radius 3 is 2.61 bits per heavy atom. The van der Waals surface area contributed by atoms with E-state index in [2.05, 4.69) is 5.32 Å². The smallest absolute Gasteiger partial charge is 0.304 e. The Bertz CT molecular complexity index is 305. The number of carboxylic acids is 1. The van der Waals surface area contributed by atoms with Crippen LogP contribution in [0.15, 0.2) is 0 Å². The van der Waals surface area contributed by atoms with Crippen molar-refractivity contribution in [1.82, 2.24) is 10.2 Å². The summed E-state index contributed by atoms with van der Waals surface area (Å²) in [5, 5.41) is 11.8. The molecular formula is C13H24N2O3. The van der Waals surface area contributed by atoms with Crippen molar-refractivity contribution in [2.45, 2.75) is 52.1 Å². The maximum Gasteiger partial charge on any atom is 0.304 e. The molecule has 1 rings (SSSR count). The quantitative estimate of drug-likeness (QED) is 0.746. The molecule has 0 aliphatic carbocycles. The van der Waals surface area contributed by atoms with Crippen molar-refractivity contribution in [2.75, 3.05) is 13.1 Å². The minimum Gasteiger partial charge on any atom is -0.481 e. The van der Waals surface area contributed by atoms with Crippen LogP contribution in [-0.4, -0.2) is 47.1 Å². The normalized spacial score (nSPS) is 22.1. The van der Waals surface area contributed by atoms with E-state index in [1.807, 2.05) is 25.7 Å². The fourth-order valence-corrected chi connectivity index (χ4v) is 2.39. The fourth-order valence-electron chi connectivity index (χ4n) is 2.39. The number of amides is 1. The Hall–Kier alpha value is -1.10. The molecule has 0 bridgehead atoms. The van der Waals surface area contributed by atoms with Gasteiger partial charge in [-0.1, -0.05) is 13.8 Å². The summed E-state index contributed by atoms with van der Waals surface area (Å²) in [5.41, 5.74) is 0. The van der Waals surface area contributed by atoms with Crippen LogP contribution >= 0.6 is 0 Å². The summed E-state index contributed by atoms with van der Waals surface area (Å²) >= 11 is 0. The summed E-state index contributed by atoms with van der Waals surface area (Å²) in [5.74, 6) is -0.364. The first-order valence-corrected chi connectivity index (χ1v) is 6.67. The molecule has 0 aromatic carbocycles. The van der Waals surface area contributed by atoms with Gasteiger partial charge in [-0.25, -0.2) is 0 Å². The van der Waals surface area contributed by atoms with Crippen LogP contribution in [0.3, 0.4) is 0 Å². The van der Waals surface area contributed by atoms with Gasteiger partial charge in [-0.15, -0.1) is 0 Å². The van der Waals surface area contributed by atoms with Crippen molar-refractivity contribution in [3.05, 3.63) is 0 Å². The molecule has 1 aliphatic heterocycles. The van der Waals surface area contributed by atoms with E-state index in [-0.39, 0.29) is 24.4 Å². The molecular weight excluding hydrogens is 232 g/mol. The van der Waals surface area contributed by atoms with Crippen LogP contribution < -0.4 is 5.32 Å². The standard InChI is InChI=1S/C13H24N2O3/c1-9(2)8-14-13(18)10(3)15-6-4-5-11(15)7-12(16)17/h9-11H,4-8H2,1-3H3,(H,14,18)(H,16,17). The predicted molar refractivity (Wildman–Crippen MR) is 69.3 cm³/mol. The third-order valence-electron chi connectivity index (χ3n) is 3.39. The van der Waals surface area contributed by atoms with Crippen LogP contribution in [0.2, 0.25) is 0 Å². The lowest BCUT2D eigenvalue weighted by atomic mass is 10.1. The molecule has 0 radical (unpaired) electrons. The highest BCUT2D eigenvalue weighted by molar-refractivity contribution is 5.81. The zero-order valence-electron chi connectivity index (χ0n) is 11.5. The first-order valence-electron chi connectivity index (χ1n) is 6.67. The average Bonchev–Trinajstić information content (AvgIpc) is 2.71. The Kier molecular flexibility index (Phi) is 5.59. The highest BCUT2D eigenvalue weighted by Crippen LogP contribution is 2.22. The number of carboxylic acid groups (broad SMARTS) is 1. The summed E-state index contributed by atoms with van der Waals surface area (Å²) in [6.45, 7) is 7.44. The molecule has 104 valence electrons. The third kappa shape index (κ3) is 4.29. The van der Waals surface area contributed by atoms with Gasteiger partial charge in [0.25, 0.3) is 0 Å². The molecule has 18 heavy (non-hydrogen) atoms. The number of nitrogens with zero attached hydrogens (tertiary/aromatic N) is 1. The maximum atomic E-state index is 12.0. The molecule has 0 spiro atoms. The molecule has 5 nitrogen and oxygen atoms in total. The number of hydrogen-bond donors (Lipinski definition) is 2. The van der Waals surface area contributed by atoms with Crippen LogP contribution in [0.4, 0.5) is 0 Å². The molecule has 1 aliphatic rings. The summed E-state index contributed by atoms with van der Waals surface area (Å²) in [7, 11) is 0. The molecule has 2 atom stereocenters. The molecule has 0 aromatic rings. The van der Waals surface area contributed by atoms with E-state index in [4.69, 9.17) is 5.11 Å². The van der Waals surface area contributed by atoms with E-state index >= 15 is 0 Å². The highest BCUT2D eigenvalue weighted by atomic mass is 16.4. The maximum absolute atomic E-state index is 12.0. The van der Waals surface area contributed by atoms with Gasteiger partial charge in [0, 0.05) is 12.6 Å². The summed E-state index contributed by atoms with van der Waals surface area (Å²) < 4.78 is 0. The molecule has 1 amide bonds. The van der Waals surface area contributed by atoms with E-state index in [0.717, 1.165) is 19.4 Å². The van der Waals surface area contributed by atoms with Crippen molar-refractivity contribution in [3.8, 4) is 0 Å². The number of carbonyl (C=O) groups excluding carboxylic acids is 1. The lowest BCUT2D eigenvalue weighted by Crippen LogP contribution is -2.48. The summed E-state index contributed by atoms with van der Waals surface area (Å²) in [6, 6.07) is -0.238. The van der Waals surface area contributed by atoms with Crippen LogP contribution in [0.5, 0.6) is 0 Å². The number of rotatable bonds is 6. The van der Waals surface area contributed by atoms with Crippen LogP contribution in [-0.2, 0) is 9.59 Å². The predicted octanol–water partition coefficient (Wildman–Crippen LogP) is 1.09. The Morgan fingerprint density at radius 1 is 1.39 bits per heavy atom. The minimum atomic E-state index is -0.790. The number of aliphatic carboxylic acids is 1. The Labute approximate surface area is 109 Å². The molecule has 1 saturated heterocycles. The van der Waals surface area contributed by atoms with Crippen LogP contribution in [0, 0.1) is 5.92 Å². The first-order chi connectivity index (χ1) is 8.41. The van der Waals surface area contributed by atoms with Gasteiger partial charge < -0.3 is 10.4 Å². The third-order valence-corrected chi connectivity index (χ3v) is 3.39. The van der Waals surface area contributed by atoms with Gasteiger partial charge in [-0.2, -0.15) is 0 Å². The summed E-state index contributed by atoms with van der Waals surface area (Å²) in [4.78, 5) is 24.8. The van der Waals surface area contributed by atoms with Gasteiger partial charge in [-0.3, -0.25) is 14.5 Å². The zero-order valence-corrected chi connectivity index (χ0v) is 11.5. The lowest BCUT2D eigenvalue weighted by Gasteiger charge is -2.29. The number of hydrogen-bond acceptors (Lipinski definition) is 3. The molecule has 2 unspecified atom stereocenters. The van der Waals surface area contributed by atoms with Crippen molar-refractivity contribution >= 4 is 11.9 Å². The number of likely N-dealkylation sites (tertiary alicyclic amines) is 1. The zero-order chi connectivity index (χ0) is 13.7. The largest absolute Gasteiger partial charge is 0.481 e. The van der Waals surface area contributed by atoms with Gasteiger partial charge in [0.05, 0.1) is 12.5 Å². The summed E-state index contributed by atoms with van der Waals surface area (Å²) in [6.07, 6.45) is 1.97. The van der Waals surface area contributed by atoms with E-state index in [0.29, 0.717) is 12.5 Å². The second kappa shape index (κ2) is 6.73. The van der Waals surface area contributed by atoms with Crippen molar-refractivity contribution in [2.24, 2.45) is 5.92 Å². The molecule has 0 aromatic heterocycles. The molecule has 1 fully saturated rings. The Morgan fingerprint density at radius 2 is 2.06 bits per heavy atom. The second-order valence-corrected chi connectivity index (χ2v) is 5.45. The second-order valence-electron chi connectivity index (χ2n) is 5.45.